The molecule has 0 saturated heterocycles. The lowest BCUT2D eigenvalue weighted by Crippen LogP contribution is -2.51. The van der Waals surface area contributed by atoms with Crippen molar-refractivity contribution in [1.82, 2.24) is 10.2 Å². The third kappa shape index (κ3) is 7.43. The summed E-state index contributed by atoms with van der Waals surface area (Å²) in [5.41, 5.74) is 0.688. The number of benzene rings is 2. The molecule has 2 aromatic rings. The molecule has 12 heteroatoms. The van der Waals surface area contributed by atoms with Crippen molar-refractivity contribution in [1.29, 1.82) is 0 Å². The summed E-state index contributed by atoms with van der Waals surface area (Å²) in [6, 6.07) is 8.67. The summed E-state index contributed by atoms with van der Waals surface area (Å²) in [6.07, 6.45) is 2.69. The Hall–Kier alpha value is -2.69. The number of carbonyl (C=O) groups is 2. The van der Waals surface area contributed by atoms with Crippen molar-refractivity contribution in [2.45, 2.75) is 39.3 Å². The molecule has 202 valence electrons. The van der Waals surface area contributed by atoms with Crippen molar-refractivity contribution < 1.29 is 27.5 Å². The smallest absolute Gasteiger partial charge is 0.244 e. The first-order valence-corrected chi connectivity index (χ1v) is 14.5. The maximum Gasteiger partial charge on any atom is 0.244 e. The molecule has 1 heterocycles. The summed E-state index contributed by atoms with van der Waals surface area (Å²) >= 11 is 12.7. The zero-order valence-corrected chi connectivity index (χ0v) is 23.3. The van der Waals surface area contributed by atoms with Crippen LogP contribution in [0.15, 0.2) is 36.4 Å². The minimum absolute atomic E-state index is 0.0849. The molecule has 37 heavy (non-hydrogen) atoms. The number of halogens is 2. The lowest BCUT2D eigenvalue weighted by Gasteiger charge is -2.32. The molecule has 0 saturated carbocycles. The Morgan fingerprint density at radius 2 is 1.73 bits per heavy atom. The molecule has 1 aliphatic rings. The molecule has 2 amide bonds. The van der Waals surface area contributed by atoms with E-state index in [-0.39, 0.29) is 18.1 Å². The van der Waals surface area contributed by atoms with E-state index in [1.807, 2.05) is 6.92 Å². The summed E-state index contributed by atoms with van der Waals surface area (Å²) in [6.45, 7) is 4.12. The SMILES string of the molecule is CCCCNC(=O)C(C)N(Cc1c(Cl)cccc1Cl)C(=O)CN(c1ccc2c(c1)OCCO2)S(C)(=O)=O. The van der Waals surface area contributed by atoms with Crippen LogP contribution in [-0.2, 0) is 26.2 Å². The Kier molecular flexibility index (Phi) is 9.92. The fraction of sp³-hybridized carbons (Fsp3) is 0.440. The van der Waals surface area contributed by atoms with E-state index in [1.165, 1.54) is 17.0 Å². The Balaban J connectivity index is 1.93. The summed E-state index contributed by atoms with van der Waals surface area (Å²) in [5.74, 6) is -0.0972. The van der Waals surface area contributed by atoms with Gasteiger partial charge in [0.05, 0.1) is 11.9 Å². The molecule has 3 rings (SSSR count). The van der Waals surface area contributed by atoms with E-state index in [9.17, 15) is 18.0 Å². The topological polar surface area (TPSA) is 105 Å². The second kappa shape index (κ2) is 12.7. The van der Waals surface area contributed by atoms with Gasteiger partial charge in [-0.25, -0.2) is 8.42 Å². The molecular formula is C25H31Cl2N3O6S. The molecule has 0 aromatic heterocycles. The van der Waals surface area contributed by atoms with Gasteiger partial charge in [0.2, 0.25) is 21.8 Å². The number of nitrogens with one attached hydrogen (secondary N) is 1. The van der Waals surface area contributed by atoms with Crippen molar-refractivity contribution in [2.24, 2.45) is 0 Å². The van der Waals surface area contributed by atoms with Crippen LogP contribution >= 0.6 is 23.2 Å². The van der Waals surface area contributed by atoms with Crippen LogP contribution in [-0.4, -0.2) is 63.7 Å². The number of nitrogens with zero attached hydrogens (tertiary/aromatic N) is 2. The van der Waals surface area contributed by atoms with Gasteiger partial charge in [0.15, 0.2) is 11.5 Å². The molecule has 1 aliphatic heterocycles. The van der Waals surface area contributed by atoms with E-state index in [4.69, 9.17) is 32.7 Å². The molecule has 9 nitrogen and oxygen atoms in total. The number of fused-ring (bicyclic) bond motifs is 1. The minimum Gasteiger partial charge on any atom is -0.486 e. The van der Waals surface area contributed by atoms with Crippen molar-refractivity contribution in [3.8, 4) is 11.5 Å². The number of rotatable bonds is 11. The van der Waals surface area contributed by atoms with Gasteiger partial charge in [-0.1, -0.05) is 42.6 Å². The summed E-state index contributed by atoms with van der Waals surface area (Å²) in [7, 11) is -3.89. The van der Waals surface area contributed by atoms with E-state index in [1.54, 1.807) is 31.2 Å². The Bertz CT molecular complexity index is 1220. The van der Waals surface area contributed by atoms with Crippen LogP contribution in [0, 0.1) is 0 Å². The highest BCUT2D eigenvalue weighted by molar-refractivity contribution is 7.92. The highest BCUT2D eigenvalue weighted by atomic mass is 35.5. The second-order valence-corrected chi connectivity index (χ2v) is 11.4. The van der Waals surface area contributed by atoms with E-state index < -0.39 is 28.5 Å². The van der Waals surface area contributed by atoms with Gasteiger partial charge in [-0.3, -0.25) is 13.9 Å². The summed E-state index contributed by atoms with van der Waals surface area (Å²) in [5, 5.41) is 3.48. The van der Waals surface area contributed by atoms with Gasteiger partial charge in [-0.15, -0.1) is 0 Å². The molecular weight excluding hydrogens is 541 g/mol. The third-order valence-corrected chi connectivity index (χ3v) is 7.73. The van der Waals surface area contributed by atoms with Crippen LogP contribution in [0.5, 0.6) is 11.5 Å². The Morgan fingerprint density at radius 1 is 1.08 bits per heavy atom. The standard InChI is InChI=1S/C25H31Cl2N3O6S/c1-4-5-11-28-25(32)17(2)29(15-19-20(26)7-6-8-21(19)27)24(31)16-30(37(3,33)34)18-9-10-22-23(14-18)36-13-12-35-22/h6-10,14,17H,4-5,11-13,15-16H2,1-3H3,(H,28,32). The predicted molar refractivity (Wildman–Crippen MR) is 144 cm³/mol. The molecule has 0 spiro atoms. The lowest BCUT2D eigenvalue weighted by atomic mass is 10.1. The van der Waals surface area contributed by atoms with Gasteiger partial charge >= 0.3 is 0 Å². The quantitative estimate of drug-likeness (QED) is 0.410. The average Bonchev–Trinajstić information content (AvgIpc) is 2.85. The molecule has 0 radical (unpaired) electrons. The number of unbranched alkanes of at least 4 members (excludes halogenated alkanes) is 1. The monoisotopic (exact) mass is 571 g/mol. The summed E-state index contributed by atoms with van der Waals surface area (Å²) < 4.78 is 37.6. The zero-order chi connectivity index (χ0) is 27.2. The number of hydrogen-bond acceptors (Lipinski definition) is 6. The maximum atomic E-state index is 13.7. The van der Waals surface area contributed by atoms with Crippen molar-refractivity contribution in [3.05, 3.63) is 52.0 Å². The number of carbonyl (C=O) groups excluding carboxylic acids is 2. The summed E-state index contributed by atoms with van der Waals surface area (Å²) in [4.78, 5) is 27.8. The number of sulfonamides is 1. The van der Waals surface area contributed by atoms with Crippen molar-refractivity contribution in [3.63, 3.8) is 0 Å². The first kappa shape index (κ1) is 28.9. The lowest BCUT2D eigenvalue weighted by molar-refractivity contribution is -0.139. The fourth-order valence-corrected chi connectivity index (χ4v) is 5.13. The molecule has 1 unspecified atom stereocenters. The molecule has 1 atom stereocenters. The molecule has 0 aliphatic carbocycles. The van der Waals surface area contributed by atoms with Crippen LogP contribution in [0.25, 0.3) is 0 Å². The largest absolute Gasteiger partial charge is 0.486 e. The van der Waals surface area contributed by atoms with E-state index in [0.717, 1.165) is 23.4 Å². The Labute approximate surface area is 227 Å². The van der Waals surface area contributed by atoms with Gasteiger partial charge in [0.25, 0.3) is 0 Å². The molecule has 0 fully saturated rings. The maximum absolute atomic E-state index is 13.7. The van der Waals surface area contributed by atoms with E-state index >= 15 is 0 Å². The second-order valence-electron chi connectivity index (χ2n) is 8.64. The van der Waals surface area contributed by atoms with Gasteiger partial charge in [0.1, 0.15) is 25.8 Å². The zero-order valence-electron chi connectivity index (χ0n) is 21.0. The number of hydrogen-bond donors (Lipinski definition) is 1. The van der Waals surface area contributed by atoms with Gasteiger partial charge in [-0.05, 0) is 37.6 Å². The molecule has 0 bridgehead atoms. The van der Waals surface area contributed by atoms with Crippen LogP contribution in [0.4, 0.5) is 5.69 Å². The van der Waals surface area contributed by atoms with Gasteiger partial charge < -0.3 is 19.7 Å². The number of ether oxygens (including phenoxy) is 2. The predicted octanol–water partition coefficient (Wildman–Crippen LogP) is 3.86. The van der Waals surface area contributed by atoms with Crippen LogP contribution in [0.3, 0.4) is 0 Å². The first-order chi connectivity index (χ1) is 17.5. The van der Waals surface area contributed by atoms with Gasteiger partial charge in [-0.2, -0.15) is 0 Å². The van der Waals surface area contributed by atoms with Crippen LogP contribution < -0.4 is 19.1 Å². The Morgan fingerprint density at radius 3 is 2.35 bits per heavy atom. The number of amides is 2. The molecule has 2 aromatic carbocycles. The van der Waals surface area contributed by atoms with E-state index in [2.05, 4.69) is 5.32 Å². The number of anilines is 1. The average molecular weight is 573 g/mol. The molecule has 1 N–H and O–H groups in total. The van der Waals surface area contributed by atoms with Crippen molar-refractivity contribution >= 4 is 50.7 Å². The normalized spacial score (nSPS) is 13.5. The van der Waals surface area contributed by atoms with E-state index in [0.29, 0.717) is 46.9 Å². The highest BCUT2D eigenvalue weighted by Crippen LogP contribution is 2.35. The first-order valence-electron chi connectivity index (χ1n) is 11.9. The van der Waals surface area contributed by atoms with Crippen LogP contribution in [0.2, 0.25) is 10.0 Å². The highest BCUT2D eigenvalue weighted by Gasteiger charge is 2.31. The van der Waals surface area contributed by atoms with Crippen LogP contribution in [0.1, 0.15) is 32.3 Å². The van der Waals surface area contributed by atoms with Gasteiger partial charge in [0, 0.05) is 34.8 Å². The fourth-order valence-electron chi connectivity index (χ4n) is 3.77. The van der Waals surface area contributed by atoms with Crippen molar-refractivity contribution in [2.75, 3.05) is 36.9 Å². The minimum atomic E-state index is -3.89. The third-order valence-electron chi connectivity index (χ3n) is 5.88.